The first kappa shape index (κ1) is 15.5. The maximum Gasteiger partial charge on any atom is 0.241 e. The van der Waals surface area contributed by atoms with Crippen molar-refractivity contribution in [2.45, 2.75) is 32.2 Å². The molecule has 114 valence electrons. The van der Waals surface area contributed by atoms with Crippen molar-refractivity contribution in [3.63, 3.8) is 0 Å². The van der Waals surface area contributed by atoms with E-state index in [4.69, 9.17) is 5.73 Å². The number of nitrogens with two attached hydrogens (primary N) is 1. The highest BCUT2D eigenvalue weighted by Gasteiger charge is 2.22. The Kier molecular flexibility index (Phi) is 4.02. The quantitative estimate of drug-likeness (QED) is 0.813. The summed E-state index contributed by atoms with van der Waals surface area (Å²) in [6.07, 6.45) is 1.52. The van der Waals surface area contributed by atoms with Gasteiger partial charge in [0, 0.05) is 12.7 Å². The number of hydrogen-bond acceptors (Lipinski definition) is 5. The van der Waals surface area contributed by atoms with Crippen LogP contribution in [0.15, 0.2) is 17.3 Å². The van der Waals surface area contributed by atoms with Crippen molar-refractivity contribution < 1.29 is 8.42 Å². The zero-order chi connectivity index (χ0) is 15.8. The number of sulfonamides is 1. The molecule has 21 heavy (non-hydrogen) atoms. The molecule has 1 heterocycles. The topological polar surface area (TPSA) is 103 Å². The summed E-state index contributed by atoms with van der Waals surface area (Å²) in [5, 5.41) is 7.56. The zero-order valence-corrected chi connectivity index (χ0v) is 13.3. The Balaban J connectivity index is 2.37. The van der Waals surface area contributed by atoms with E-state index >= 15 is 0 Å². The summed E-state index contributed by atoms with van der Waals surface area (Å²) >= 11 is 0. The van der Waals surface area contributed by atoms with Gasteiger partial charge in [-0.15, -0.1) is 10.2 Å². The van der Waals surface area contributed by atoms with Crippen molar-refractivity contribution in [2.24, 2.45) is 7.05 Å². The molecule has 1 aromatic heterocycles. The summed E-state index contributed by atoms with van der Waals surface area (Å²) in [4.78, 5) is 0.229. The van der Waals surface area contributed by atoms with Crippen LogP contribution in [0.5, 0.6) is 0 Å². The van der Waals surface area contributed by atoms with Crippen LogP contribution < -0.4 is 10.5 Å². The molecular weight excluding hydrogens is 290 g/mol. The fourth-order valence-electron chi connectivity index (χ4n) is 2.29. The molecule has 2 rings (SSSR count). The highest BCUT2D eigenvalue weighted by Crippen LogP contribution is 2.27. The van der Waals surface area contributed by atoms with Crippen LogP contribution >= 0.6 is 0 Å². The maximum atomic E-state index is 12.5. The van der Waals surface area contributed by atoms with Crippen LogP contribution in [0.4, 0.5) is 5.69 Å². The van der Waals surface area contributed by atoms with Crippen LogP contribution in [-0.4, -0.2) is 23.2 Å². The van der Waals surface area contributed by atoms with Gasteiger partial charge in [0.25, 0.3) is 0 Å². The van der Waals surface area contributed by atoms with Crippen LogP contribution in [0.25, 0.3) is 0 Å². The number of aryl methyl sites for hydroxylation is 3. The van der Waals surface area contributed by atoms with E-state index in [1.54, 1.807) is 31.5 Å². The Labute approximate surface area is 124 Å². The van der Waals surface area contributed by atoms with Crippen molar-refractivity contribution in [1.29, 1.82) is 0 Å². The largest absolute Gasteiger partial charge is 0.398 e. The Morgan fingerprint density at radius 2 is 1.95 bits per heavy atom. The number of benzene rings is 1. The van der Waals surface area contributed by atoms with Gasteiger partial charge >= 0.3 is 0 Å². The van der Waals surface area contributed by atoms with E-state index in [1.807, 2.05) is 6.92 Å². The molecule has 3 N–H and O–H groups in total. The molecule has 0 spiro atoms. The van der Waals surface area contributed by atoms with Crippen LogP contribution in [0.2, 0.25) is 0 Å². The lowest BCUT2D eigenvalue weighted by molar-refractivity contribution is 0.576. The fraction of sp³-hybridized carbons (Fsp3) is 0.385. The first-order valence-corrected chi connectivity index (χ1v) is 7.91. The molecule has 0 aliphatic heterocycles. The first-order chi connectivity index (χ1) is 9.74. The number of nitrogen functional groups attached to an aromatic ring is 1. The van der Waals surface area contributed by atoms with E-state index in [9.17, 15) is 8.42 Å². The normalized spacial score (nSPS) is 11.8. The predicted octanol–water partition coefficient (Wildman–Crippen LogP) is 0.801. The van der Waals surface area contributed by atoms with E-state index in [-0.39, 0.29) is 11.4 Å². The van der Waals surface area contributed by atoms with Gasteiger partial charge in [-0.3, -0.25) is 0 Å². The third-order valence-corrected chi connectivity index (χ3v) is 5.14. The van der Waals surface area contributed by atoms with Gasteiger partial charge in [-0.05, 0) is 37.5 Å². The lowest BCUT2D eigenvalue weighted by Gasteiger charge is -2.15. The third-order valence-electron chi connectivity index (χ3n) is 3.45. The van der Waals surface area contributed by atoms with Crippen LogP contribution in [0, 0.1) is 20.8 Å². The Bertz CT molecular complexity index is 780. The number of hydrogen-bond donors (Lipinski definition) is 2. The van der Waals surface area contributed by atoms with Gasteiger partial charge in [0.05, 0.1) is 11.4 Å². The molecule has 0 aliphatic rings. The van der Waals surface area contributed by atoms with Crippen molar-refractivity contribution in [1.82, 2.24) is 19.5 Å². The smallest absolute Gasteiger partial charge is 0.241 e. The van der Waals surface area contributed by atoms with Gasteiger partial charge in [0.15, 0.2) is 0 Å². The minimum absolute atomic E-state index is 0.0749. The molecule has 0 atom stereocenters. The highest BCUT2D eigenvalue weighted by atomic mass is 32.2. The second kappa shape index (κ2) is 5.45. The molecule has 7 nitrogen and oxygen atoms in total. The second-order valence-electron chi connectivity index (χ2n) is 5.06. The second-order valence-corrected chi connectivity index (χ2v) is 6.76. The summed E-state index contributed by atoms with van der Waals surface area (Å²) in [7, 11) is -1.91. The van der Waals surface area contributed by atoms with E-state index in [0.717, 1.165) is 5.56 Å². The molecule has 0 saturated carbocycles. The molecule has 0 fully saturated rings. The minimum atomic E-state index is -3.66. The van der Waals surface area contributed by atoms with E-state index in [1.165, 1.54) is 6.33 Å². The third kappa shape index (κ3) is 2.91. The molecule has 0 unspecified atom stereocenters. The maximum absolute atomic E-state index is 12.5. The molecule has 2 aromatic rings. The molecule has 1 aromatic carbocycles. The molecule has 0 bridgehead atoms. The molecule has 0 saturated heterocycles. The number of nitrogens with zero attached hydrogens (tertiary/aromatic N) is 3. The fourth-order valence-corrected chi connectivity index (χ4v) is 3.75. The predicted molar refractivity (Wildman–Crippen MR) is 80.1 cm³/mol. The number of aromatic nitrogens is 3. The van der Waals surface area contributed by atoms with E-state index < -0.39 is 10.0 Å². The van der Waals surface area contributed by atoms with Gasteiger partial charge < -0.3 is 10.3 Å². The van der Waals surface area contributed by atoms with Gasteiger partial charge in [-0.1, -0.05) is 6.07 Å². The Morgan fingerprint density at radius 1 is 1.29 bits per heavy atom. The number of rotatable bonds is 4. The van der Waals surface area contributed by atoms with Crippen LogP contribution in [0.1, 0.15) is 22.5 Å². The summed E-state index contributed by atoms with van der Waals surface area (Å²) in [5.74, 6) is 0.536. The molecule has 0 radical (unpaired) electrons. The van der Waals surface area contributed by atoms with E-state index in [2.05, 4.69) is 14.9 Å². The van der Waals surface area contributed by atoms with Crippen LogP contribution in [-0.2, 0) is 23.6 Å². The Morgan fingerprint density at radius 3 is 2.52 bits per heavy atom. The summed E-state index contributed by atoms with van der Waals surface area (Å²) in [6, 6.07) is 1.78. The minimum Gasteiger partial charge on any atom is -0.398 e. The Hall–Kier alpha value is -1.93. The highest BCUT2D eigenvalue weighted by molar-refractivity contribution is 7.89. The summed E-state index contributed by atoms with van der Waals surface area (Å²) < 4.78 is 29.2. The van der Waals surface area contributed by atoms with Crippen molar-refractivity contribution in [3.8, 4) is 0 Å². The van der Waals surface area contributed by atoms with Gasteiger partial charge in [0.2, 0.25) is 10.0 Å². The molecule has 0 amide bonds. The summed E-state index contributed by atoms with van der Waals surface area (Å²) in [5.41, 5.74) is 8.56. The monoisotopic (exact) mass is 309 g/mol. The van der Waals surface area contributed by atoms with Gasteiger partial charge in [-0.25, -0.2) is 13.1 Å². The van der Waals surface area contributed by atoms with Gasteiger partial charge in [0.1, 0.15) is 12.2 Å². The van der Waals surface area contributed by atoms with Crippen LogP contribution in [0.3, 0.4) is 0 Å². The SMILES string of the molecule is Cc1cc(C)c(S(=O)(=O)NCc2nncn2C)c(C)c1N. The lowest BCUT2D eigenvalue weighted by Crippen LogP contribution is -2.26. The van der Waals surface area contributed by atoms with Crippen molar-refractivity contribution >= 4 is 15.7 Å². The average molecular weight is 309 g/mol. The summed E-state index contributed by atoms with van der Waals surface area (Å²) in [6.45, 7) is 5.41. The van der Waals surface area contributed by atoms with Gasteiger partial charge in [-0.2, -0.15) is 0 Å². The first-order valence-electron chi connectivity index (χ1n) is 6.43. The lowest BCUT2D eigenvalue weighted by atomic mass is 10.1. The zero-order valence-electron chi connectivity index (χ0n) is 12.5. The standard InChI is InChI=1S/C13H19N5O2S/c1-8-5-9(2)13(10(3)12(8)14)21(19,20)16-6-11-17-15-7-18(11)4/h5,7,16H,6,14H2,1-4H3. The molecule has 0 aliphatic carbocycles. The van der Waals surface area contributed by atoms with Crippen molar-refractivity contribution in [2.75, 3.05) is 5.73 Å². The number of nitrogens with one attached hydrogen (secondary N) is 1. The molecular formula is C13H19N5O2S. The average Bonchev–Trinajstić information content (AvgIpc) is 2.79. The molecule has 8 heteroatoms. The number of anilines is 1. The van der Waals surface area contributed by atoms with Crippen molar-refractivity contribution in [3.05, 3.63) is 34.9 Å². The van der Waals surface area contributed by atoms with E-state index in [0.29, 0.717) is 22.6 Å².